The van der Waals surface area contributed by atoms with Crippen LogP contribution in [0.5, 0.6) is 0 Å². The van der Waals surface area contributed by atoms with Crippen molar-refractivity contribution in [2.45, 2.75) is 12.6 Å². The number of hydrogen-bond acceptors (Lipinski definition) is 1. The van der Waals surface area contributed by atoms with Gasteiger partial charge in [0, 0.05) is 5.56 Å². The Labute approximate surface area is 90.8 Å². The van der Waals surface area contributed by atoms with Gasteiger partial charge in [-0.05, 0) is 6.07 Å². The molecule has 0 radical (unpaired) electrons. The number of alkyl halides is 5. The van der Waals surface area contributed by atoms with Crippen LogP contribution in [0.2, 0.25) is 10.2 Å². The van der Waals surface area contributed by atoms with E-state index in [1.807, 2.05) is 0 Å². The maximum Gasteiger partial charge on any atom is 0.434 e. The fraction of sp³-hybridized carbons (Fsp3) is 0.286. The van der Waals surface area contributed by atoms with Crippen LogP contribution in [-0.2, 0) is 6.18 Å². The molecule has 1 nitrogen and oxygen atoms in total. The second-order valence-electron chi connectivity index (χ2n) is 2.50. The van der Waals surface area contributed by atoms with Crippen molar-refractivity contribution < 1.29 is 22.0 Å². The summed E-state index contributed by atoms with van der Waals surface area (Å²) in [6.45, 7) is 0. The summed E-state index contributed by atoms with van der Waals surface area (Å²) in [5.74, 6) is 0. The number of hydrogen-bond donors (Lipinski definition) is 0. The SMILES string of the molecule is FC(F)c1cc(Cl)nc(C(F)(F)F)c1Cl. The third-order valence-electron chi connectivity index (χ3n) is 1.46. The minimum atomic E-state index is -4.91. The molecule has 1 heterocycles. The number of halogens is 7. The molecule has 1 aromatic heterocycles. The van der Waals surface area contributed by atoms with Gasteiger partial charge in [0.15, 0.2) is 5.69 Å². The van der Waals surface area contributed by atoms with Gasteiger partial charge in [-0.2, -0.15) is 13.2 Å². The van der Waals surface area contributed by atoms with Crippen LogP contribution in [0.1, 0.15) is 17.7 Å². The molecule has 0 atom stereocenters. The average molecular weight is 266 g/mol. The fourth-order valence-electron chi connectivity index (χ4n) is 0.863. The number of nitrogens with zero attached hydrogens (tertiary/aromatic N) is 1. The molecule has 0 aliphatic heterocycles. The van der Waals surface area contributed by atoms with Crippen molar-refractivity contribution in [2.24, 2.45) is 0 Å². The minimum absolute atomic E-state index is 0.601. The first kappa shape index (κ1) is 12.4. The van der Waals surface area contributed by atoms with Crippen molar-refractivity contribution in [3.05, 3.63) is 27.5 Å². The van der Waals surface area contributed by atoms with Crippen molar-refractivity contribution >= 4 is 23.2 Å². The highest BCUT2D eigenvalue weighted by molar-refractivity contribution is 6.33. The normalized spacial score (nSPS) is 12.3. The Balaban J connectivity index is 3.42. The van der Waals surface area contributed by atoms with E-state index in [9.17, 15) is 22.0 Å². The Morgan fingerprint density at radius 1 is 1.20 bits per heavy atom. The fourth-order valence-corrected chi connectivity index (χ4v) is 1.35. The molecule has 0 unspecified atom stereocenters. The second-order valence-corrected chi connectivity index (χ2v) is 3.26. The molecule has 0 fully saturated rings. The van der Waals surface area contributed by atoms with Gasteiger partial charge in [0.1, 0.15) is 5.15 Å². The summed E-state index contributed by atoms with van der Waals surface area (Å²) in [7, 11) is 0. The molecule has 0 bridgehead atoms. The molecule has 8 heteroatoms. The number of pyridine rings is 1. The zero-order valence-electron chi connectivity index (χ0n) is 6.75. The van der Waals surface area contributed by atoms with Crippen LogP contribution >= 0.6 is 23.2 Å². The van der Waals surface area contributed by atoms with E-state index in [4.69, 9.17) is 23.2 Å². The molecular weight excluding hydrogens is 264 g/mol. The average Bonchev–Trinajstić information content (AvgIpc) is 2.06. The van der Waals surface area contributed by atoms with Gasteiger partial charge in [-0.3, -0.25) is 0 Å². The van der Waals surface area contributed by atoms with Crippen LogP contribution in [0.15, 0.2) is 6.07 Å². The quantitative estimate of drug-likeness (QED) is 0.544. The lowest BCUT2D eigenvalue weighted by molar-refractivity contribution is -0.141. The smallest absolute Gasteiger partial charge is 0.230 e. The maximum absolute atomic E-state index is 12.2. The summed E-state index contributed by atoms with van der Waals surface area (Å²) in [5, 5.41) is -1.80. The Morgan fingerprint density at radius 2 is 1.73 bits per heavy atom. The molecule has 0 spiro atoms. The molecule has 15 heavy (non-hydrogen) atoms. The van der Waals surface area contributed by atoms with Crippen LogP contribution < -0.4 is 0 Å². The van der Waals surface area contributed by atoms with E-state index in [1.54, 1.807) is 0 Å². The molecular formula is C7H2Cl2F5N. The third-order valence-corrected chi connectivity index (χ3v) is 2.05. The van der Waals surface area contributed by atoms with E-state index in [1.165, 1.54) is 0 Å². The Bertz CT molecular complexity index is 376. The van der Waals surface area contributed by atoms with Crippen molar-refractivity contribution in [3.8, 4) is 0 Å². The van der Waals surface area contributed by atoms with Gasteiger partial charge in [-0.15, -0.1) is 0 Å². The van der Waals surface area contributed by atoms with Crippen LogP contribution in [-0.4, -0.2) is 4.98 Å². The minimum Gasteiger partial charge on any atom is -0.230 e. The van der Waals surface area contributed by atoms with E-state index >= 15 is 0 Å². The van der Waals surface area contributed by atoms with Gasteiger partial charge in [0.2, 0.25) is 0 Å². The number of rotatable bonds is 1. The van der Waals surface area contributed by atoms with Gasteiger partial charge >= 0.3 is 6.18 Å². The highest BCUT2D eigenvalue weighted by Crippen LogP contribution is 2.38. The summed E-state index contributed by atoms with van der Waals surface area (Å²) in [4.78, 5) is 2.86. The summed E-state index contributed by atoms with van der Waals surface area (Å²) >= 11 is 10.3. The van der Waals surface area contributed by atoms with Crippen LogP contribution in [0.4, 0.5) is 22.0 Å². The largest absolute Gasteiger partial charge is 0.434 e. The van der Waals surface area contributed by atoms with Crippen molar-refractivity contribution in [3.63, 3.8) is 0 Å². The first-order valence-corrected chi connectivity index (χ1v) is 4.20. The topological polar surface area (TPSA) is 12.9 Å². The van der Waals surface area contributed by atoms with Crippen molar-refractivity contribution in [1.29, 1.82) is 0 Å². The molecule has 0 amide bonds. The van der Waals surface area contributed by atoms with E-state index in [0.29, 0.717) is 6.07 Å². The van der Waals surface area contributed by atoms with Crippen LogP contribution in [0.3, 0.4) is 0 Å². The zero-order valence-corrected chi connectivity index (χ0v) is 8.26. The predicted molar refractivity (Wildman–Crippen MR) is 44.2 cm³/mol. The highest BCUT2D eigenvalue weighted by Gasteiger charge is 2.37. The van der Waals surface area contributed by atoms with Gasteiger partial charge < -0.3 is 0 Å². The third kappa shape index (κ3) is 2.69. The lowest BCUT2D eigenvalue weighted by Crippen LogP contribution is -2.10. The lowest BCUT2D eigenvalue weighted by Gasteiger charge is -2.11. The highest BCUT2D eigenvalue weighted by atomic mass is 35.5. The van der Waals surface area contributed by atoms with Gasteiger partial charge in [0.05, 0.1) is 5.02 Å². The molecule has 0 aliphatic carbocycles. The summed E-state index contributed by atoms with van der Waals surface area (Å²) < 4.78 is 61.1. The monoisotopic (exact) mass is 265 g/mol. The Morgan fingerprint density at radius 3 is 2.13 bits per heavy atom. The summed E-state index contributed by atoms with van der Waals surface area (Å²) in [6.07, 6.45) is -8.05. The molecule has 0 aliphatic rings. The standard InChI is InChI=1S/C7H2Cl2F5N/c8-3-1-2(6(10)11)4(9)5(15-3)7(12,13)14/h1,6H. The van der Waals surface area contributed by atoms with Gasteiger partial charge in [0.25, 0.3) is 6.43 Å². The number of aromatic nitrogens is 1. The Kier molecular flexibility index (Phi) is 3.40. The van der Waals surface area contributed by atoms with Crippen molar-refractivity contribution in [1.82, 2.24) is 4.98 Å². The molecule has 84 valence electrons. The first-order valence-electron chi connectivity index (χ1n) is 3.44. The molecule has 1 rings (SSSR count). The molecule has 0 saturated carbocycles. The Hall–Kier alpha value is -0.620. The molecule has 0 aromatic carbocycles. The zero-order chi connectivity index (χ0) is 11.8. The van der Waals surface area contributed by atoms with E-state index < -0.39 is 34.0 Å². The maximum atomic E-state index is 12.2. The van der Waals surface area contributed by atoms with Crippen LogP contribution in [0.25, 0.3) is 0 Å². The van der Waals surface area contributed by atoms with E-state index in [-0.39, 0.29) is 0 Å². The van der Waals surface area contributed by atoms with E-state index in [2.05, 4.69) is 4.98 Å². The first-order chi connectivity index (χ1) is 6.73. The predicted octanol–water partition coefficient (Wildman–Crippen LogP) is 4.34. The molecule has 1 aromatic rings. The van der Waals surface area contributed by atoms with Crippen molar-refractivity contribution in [2.75, 3.05) is 0 Å². The van der Waals surface area contributed by atoms with Gasteiger partial charge in [-0.25, -0.2) is 13.8 Å². The lowest BCUT2D eigenvalue weighted by atomic mass is 10.2. The van der Waals surface area contributed by atoms with Gasteiger partial charge in [-0.1, -0.05) is 23.2 Å². The molecule has 0 N–H and O–H groups in total. The van der Waals surface area contributed by atoms with Crippen LogP contribution in [0, 0.1) is 0 Å². The summed E-state index contributed by atoms with van der Waals surface area (Å²) in [5.41, 5.74) is -2.59. The second kappa shape index (κ2) is 4.09. The van der Waals surface area contributed by atoms with E-state index in [0.717, 1.165) is 0 Å². The molecule has 0 saturated heterocycles. The summed E-state index contributed by atoms with van der Waals surface area (Å²) in [6, 6.07) is 0.601.